The molecule has 0 radical (unpaired) electrons. The minimum atomic E-state index is -0.112. The molecule has 11 heavy (non-hydrogen) atoms. The van der Waals surface area contributed by atoms with Crippen molar-refractivity contribution in [2.24, 2.45) is 0 Å². The largest absolute Gasteiger partial charge is 0.396 e. The molecule has 0 aliphatic heterocycles. The highest BCUT2D eigenvalue weighted by Gasteiger charge is 2.00. The van der Waals surface area contributed by atoms with Gasteiger partial charge in [0, 0.05) is 6.61 Å². The number of aliphatic hydroxyl groups is 2. The van der Waals surface area contributed by atoms with Gasteiger partial charge in [0.1, 0.15) is 0 Å². The standard InChI is InChI=1S/C9H20O2/c1-2-6-9(11)7-4-3-5-8-10/h9-11H,2-8H2,1H3. The van der Waals surface area contributed by atoms with Gasteiger partial charge in [0.15, 0.2) is 0 Å². The Hall–Kier alpha value is -0.0800. The smallest absolute Gasteiger partial charge is 0.0540 e. The van der Waals surface area contributed by atoms with Crippen LogP contribution in [0.1, 0.15) is 45.4 Å². The second-order valence-corrected chi connectivity index (χ2v) is 3.02. The molecular weight excluding hydrogens is 140 g/mol. The Labute approximate surface area is 69.2 Å². The van der Waals surface area contributed by atoms with Crippen LogP contribution in [0.3, 0.4) is 0 Å². The molecule has 0 aliphatic rings. The van der Waals surface area contributed by atoms with Crippen LogP contribution >= 0.6 is 0 Å². The molecule has 0 saturated carbocycles. The van der Waals surface area contributed by atoms with Crippen LogP contribution in [0.4, 0.5) is 0 Å². The topological polar surface area (TPSA) is 40.5 Å². The number of aliphatic hydroxyl groups excluding tert-OH is 2. The van der Waals surface area contributed by atoms with Gasteiger partial charge in [-0.3, -0.25) is 0 Å². The molecule has 68 valence electrons. The fraction of sp³-hybridized carbons (Fsp3) is 1.00. The zero-order valence-electron chi connectivity index (χ0n) is 7.42. The first-order valence-corrected chi connectivity index (χ1v) is 4.60. The third-order valence-corrected chi connectivity index (χ3v) is 1.82. The number of rotatable bonds is 7. The molecule has 0 heterocycles. The average molecular weight is 160 g/mol. The van der Waals surface area contributed by atoms with E-state index in [-0.39, 0.29) is 12.7 Å². The van der Waals surface area contributed by atoms with Gasteiger partial charge in [-0.1, -0.05) is 26.2 Å². The second-order valence-electron chi connectivity index (χ2n) is 3.02. The van der Waals surface area contributed by atoms with E-state index >= 15 is 0 Å². The Morgan fingerprint density at radius 3 is 2.36 bits per heavy atom. The SMILES string of the molecule is CCCC(O)CCCCCO. The highest BCUT2D eigenvalue weighted by atomic mass is 16.3. The Morgan fingerprint density at radius 1 is 1.09 bits per heavy atom. The zero-order chi connectivity index (χ0) is 8.53. The van der Waals surface area contributed by atoms with Crippen LogP contribution in [-0.4, -0.2) is 22.9 Å². The molecule has 0 aromatic carbocycles. The fourth-order valence-corrected chi connectivity index (χ4v) is 1.15. The molecule has 2 nitrogen and oxygen atoms in total. The molecule has 2 N–H and O–H groups in total. The second kappa shape index (κ2) is 8.02. The van der Waals surface area contributed by atoms with E-state index < -0.39 is 0 Å². The summed E-state index contributed by atoms with van der Waals surface area (Å²) in [5, 5.41) is 17.8. The first-order chi connectivity index (χ1) is 5.31. The van der Waals surface area contributed by atoms with Crippen molar-refractivity contribution in [3.8, 4) is 0 Å². The monoisotopic (exact) mass is 160 g/mol. The summed E-state index contributed by atoms with van der Waals surface area (Å²) < 4.78 is 0. The summed E-state index contributed by atoms with van der Waals surface area (Å²) in [4.78, 5) is 0. The van der Waals surface area contributed by atoms with Crippen molar-refractivity contribution in [3.63, 3.8) is 0 Å². The Bertz CT molecular complexity index is 74.0. The van der Waals surface area contributed by atoms with E-state index in [0.29, 0.717) is 0 Å². The molecule has 0 aliphatic carbocycles. The normalized spacial score (nSPS) is 13.4. The van der Waals surface area contributed by atoms with E-state index in [1.165, 1.54) is 0 Å². The van der Waals surface area contributed by atoms with Gasteiger partial charge in [0.25, 0.3) is 0 Å². The van der Waals surface area contributed by atoms with E-state index in [0.717, 1.165) is 38.5 Å². The predicted octanol–water partition coefficient (Wildman–Crippen LogP) is 1.70. The van der Waals surface area contributed by atoms with Crippen molar-refractivity contribution >= 4 is 0 Å². The molecule has 0 saturated heterocycles. The molecule has 0 fully saturated rings. The van der Waals surface area contributed by atoms with Crippen LogP contribution in [0.25, 0.3) is 0 Å². The van der Waals surface area contributed by atoms with Crippen molar-refractivity contribution < 1.29 is 10.2 Å². The lowest BCUT2D eigenvalue weighted by atomic mass is 10.1. The van der Waals surface area contributed by atoms with E-state index in [1.807, 2.05) is 0 Å². The van der Waals surface area contributed by atoms with Gasteiger partial charge in [-0.2, -0.15) is 0 Å². The summed E-state index contributed by atoms with van der Waals surface area (Å²) in [7, 11) is 0. The Morgan fingerprint density at radius 2 is 1.82 bits per heavy atom. The van der Waals surface area contributed by atoms with Gasteiger partial charge in [-0.25, -0.2) is 0 Å². The van der Waals surface area contributed by atoms with Gasteiger partial charge in [0.05, 0.1) is 6.10 Å². The highest BCUT2D eigenvalue weighted by molar-refractivity contribution is 4.54. The summed E-state index contributed by atoms with van der Waals surface area (Å²) in [6.07, 6.45) is 5.71. The maximum atomic E-state index is 9.29. The lowest BCUT2D eigenvalue weighted by molar-refractivity contribution is 0.149. The van der Waals surface area contributed by atoms with Crippen LogP contribution in [0.5, 0.6) is 0 Å². The summed E-state index contributed by atoms with van der Waals surface area (Å²) in [5.41, 5.74) is 0. The third kappa shape index (κ3) is 7.82. The quantitative estimate of drug-likeness (QED) is 0.556. The molecule has 2 heteroatoms. The molecule has 1 atom stereocenters. The van der Waals surface area contributed by atoms with Crippen LogP contribution in [-0.2, 0) is 0 Å². The summed E-state index contributed by atoms with van der Waals surface area (Å²) in [6.45, 7) is 2.36. The number of hydrogen-bond donors (Lipinski definition) is 2. The average Bonchev–Trinajstić information content (AvgIpc) is 1.99. The molecule has 1 unspecified atom stereocenters. The van der Waals surface area contributed by atoms with Crippen LogP contribution in [0.15, 0.2) is 0 Å². The van der Waals surface area contributed by atoms with Gasteiger partial charge < -0.3 is 10.2 Å². The maximum absolute atomic E-state index is 9.29. The van der Waals surface area contributed by atoms with Crippen LogP contribution in [0.2, 0.25) is 0 Å². The summed E-state index contributed by atoms with van der Waals surface area (Å²) >= 11 is 0. The Balaban J connectivity index is 2.97. The molecule has 0 aromatic heterocycles. The maximum Gasteiger partial charge on any atom is 0.0540 e. The molecular formula is C9H20O2. The number of unbranched alkanes of at least 4 members (excludes halogenated alkanes) is 2. The summed E-state index contributed by atoms with van der Waals surface area (Å²) in [6, 6.07) is 0. The van der Waals surface area contributed by atoms with Crippen molar-refractivity contribution in [1.82, 2.24) is 0 Å². The minimum absolute atomic E-state index is 0.112. The van der Waals surface area contributed by atoms with E-state index in [1.54, 1.807) is 0 Å². The minimum Gasteiger partial charge on any atom is -0.396 e. The summed E-state index contributed by atoms with van der Waals surface area (Å²) in [5.74, 6) is 0. The first-order valence-electron chi connectivity index (χ1n) is 4.60. The van der Waals surface area contributed by atoms with Crippen molar-refractivity contribution in [2.45, 2.75) is 51.6 Å². The van der Waals surface area contributed by atoms with E-state index in [4.69, 9.17) is 5.11 Å². The van der Waals surface area contributed by atoms with Crippen LogP contribution in [0, 0.1) is 0 Å². The van der Waals surface area contributed by atoms with Gasteiger partial charge in [0.2, 0.25) is 0 Å². The molecule has 0 rings (SSSR count). The first kappa shape index (κ1) is 10.9. The molecule has 0 spiro atoms. The van der Waals surface area contributed by atoms with Crippen LogP contribution < -0.4 is 0 Å². The molecule has 0 aromatic rings. The lowest BCUT2D eigenvalue weighted by Crippen LogP contribution is -2.05. The van der Waals surface area contributed by atoms with Crippen molar-refractivity contribution in [1.29, 1.82) is 0 Å². The zero-order valence-corrected chi connectivity index (χ0v) is 7.42. The Kier molecular flexibility index (Phi) is 7.96. The lowest BCUT2D eigenvalue weighted by Gasteiger charge is -2.07. The van der Waals surface area contributed by atoms with E-state index in [9.17, 15) is 5.11 Å². The third-order valence-electron chi connectivity index (χ3n) is 1.82. The van der Waals surface area contributed by atoms with Gasteiger partial charge >= 0.3 is 0 Å². The van der Waals surface area contributed by atoms with Gasteiger partial charge in [-0.15, -0.1) is 0 Å². The molecule has 0 amide bonds. The molecule has 0 bridgehead atoms. The predicted molar refractivity (Wildman–Crippen MR) is 46.5 cm³/mol. The van der Waals surface area contributed by atoms with E-state index in [2.05, 4.69) is 6.92 Å². The van der Waals surface area contributed by atoms with Gasteiger partial charge in [-0.05, 0) is 19.3 Å². The number of hydrogen-bond acceptors (Lipinski definition) is 2. The van der Waals surface area contributed by atoms with Crippen molar-refractivity contribution in [2.75, 3.05) is 6.61 Å². The fourth-order valence-electron chi connectivity index (χ4n) is 1.15. The highest BCUT2D eigenvalue weighted by Crippen LogP contribution is 2.07. The van der Waals surface area contributed by atoms with Crippen molar-refractivity contribution in [3.05, 3.63) is 0 Å².